The summed E-state index contributed by atoms with van der Waals surface area (Å²) in [5.74, 6) is 0.590. The number of carbonyl (C=O) groups is 1. The fraction of sp³-hybridized carbons (Fsp3) is 0.571. The molecule has 1 aliphatic rings. The Kier molecular flexibility index (Phi) is 4.74. The number of amides is 1. The Bertz CT molecular complexity index is 419. The molecule has 2 heterocycles. The van der Waals surface area contributed by atoms with Crippen LogP contribution in [0.5, 0.6) is 5.88 Å². The van der Waals surface area contributed by atoms with Gasteiger partial charge in [0.15, 0.2) is 0 Å². The van der Waals surface area contributed by atoms with Crippen LogP contribution < -0.4 is 10.1 Å². The van der Waals surface area contributed by atoms with Crippen LogP contribution in [0.4, 0.5) is 0 Å². The van der Waals surface area contributed by atoms with E-state index < -0.39 is 0 Å². The Morgan fingerprint density at radius 3 is 3.05 bits per heavy atom. The normalized spacial score (nSPS) is 22.8. The third-order valence-corrected chi connectivity index (χ3v) is 3.42. The number of carbonyl (C=O) groups excluding carboxylic acids is 1. The number of nitrogens with one attached hydrogen (secondary N) is 1. The number of hydrogen-bond donors (Lipinski definition) is 1. The molecule has 1 aromatic heterocycles. The lowest BCUT2D eigenvalue weighted by molar-refractivity contribution is -0.133. The molecule has 1 saturated heterocycles. The van der Waals surface area contributed by atoms with E-state index in [0.29, 0.717) is 12.4 Å². The molecule has 0 spiro atoms. The van der Waals surface area contributed by atoms with Gasteiger partial charge >= 0.3 is 0 Å². The molecule has 0 unspecified atom stereocenters. The highest BCUT2D eigenvalue weighted by Crippen LogP contribution is 2.20. The van der Waals surface area contributed by atoms with Crippen molar-refractivity contribution >= 4 is 5.91 Å². The number of aromatic nitrogens is 1. The van der Waals surface area contributed by atoms with E-state index in [0.717, 1.165) is 25.0 Å². The molecule has 0 aromatic carbocycles. The molecule has 1 N–H and O–H groups in total. The summed E-state index contributed by atoms with van der Waals surface area (Å²) in [6, 6.07) is 3.68. The molecule has 0 aliphatic carbocycles. The van der Waals surface area contributed by atoms with E-state index in [9.17, 15) is 4.79 Å². The highest BCUT2D eigenvalue weighted by atomic mass is 16.5. The van der Waals surface area contributed by atoms with Crippen LogP contribution in [0.25, 0.3) is 0 Å². The Morgan fingerprint density at radius 2 is 2.42 bits per heavy atom. The third-order valence-electron chi connectivity index (χ3n) is 3.42. The quantitative estimate of drug-likeness (QED) is 0.895. The van der Waals surface area contributed by atoms with Gasteiger partial charge in [0.2, 0.25) is 11.8 Å². The Morgan fingerprint density at radius 1 is 1.58 bits per heavy atom. The number of hydrogen-bond acceptors (Lipinski definition) is 4. The van der Waals surface area contributed by atoms with Gasteiger partial charge in [-0.3, -0.25) is 4.79 Å². The van der Waals surface area contributed by atoms with Crippen LogP contribution >= 0.6 is 0 Å². The molecular weight excluding hydrogens is 244 g/mol. The fourth-order valence-corrected chi connectivity index (χ4v) is 2.22. The maximum absolute atomic E-state index is 12.1. The summed E-state index contributed by atoms with van der Waals surface area (Å²) in [6.45, 7) is 3.20. The molecule has 0 radical (unpaired) electrons. The van der Waals surface area contributed by atoms with Gasteiger partial charge in [-0.15, -0.1) is 0 Å². The van der Waals surface area contributed by atoms with Gasteiger partial charge in [0.05, 0.1) is 19.1 Å². The van der Waals surface area contributed by atoms with Crippen molar-refractivity contribution in [2.45, 2.75) is 32.4 Å². The zero-order chi connectivity index (χ0) is 13.7. The van der Waals surface area contributed by atoms with Crippen LogP contribution in [0.15, 0.2) is 18.3 Å². The molecule has 19 heavy (non-hydrogen) atoms. The van der Waals surface area contributed by atoms with Crippen molar-refractivity contribution in [2.24, 2.45) is 5.92 Å². The highest BCUT2D eigenvalue weighted by molar-refractivity contribution is 5.79. The molecule has 2 atom stereocenters. The Balaban J connectivity index is 1.85. The number of rotatable bonds is 4. The van der Waals surface area contributed by atoms with Gasteiger partial charge < -0.3 is 14.8 Å². The van der Waals surface area contributed by atoms with Gasteiger partial charge in [-0.05, 0) is 25.3 Å². The first-order chi connectivity index (χ1) is 9.20. The third kappa shape index (κ3) is 3.67. The summed E-state index contributed by atoms with van der Waals surface area (Å²) >= 11 is 0. The number of methoxy groups -OCH3 is 1. The van der Waals surface area contributed by atoms with Gasteiger partial charge in [0, 0.05) is 25.4 Å². The predicted octanol–water partition coefficient (Wildman–Crippen LogP) is 1.52. The lowest BCUT2D eigenvalue weighted by atomic mass is 9.94. The second-order valence-corrected chi connectivity index (χ2v) is 4.75. The van der Waals surface area contributed by atoms with Crippen molar-refractivity contribution in [3.63, 3.8) is 0 Å². The first-order valence-electron chi connectivity index (χ1n) is 6.59. The minimum absolute atomic E-state index is 0.00254. The SMILES string of the molecule is COc1ccc(CNC(=O)[C@H]2CCCO[C@@H]2C)cn1. The Hall–Kier alpha value is -1.62. The van der Waals surface area contributed by atoms with Gasteiger partial charge in [-0.2, -0.15) is 0 Å². The lowest BCUT2D eigenvalue weighted by Crippen LogP contribution is -2.39. The van der Waals surface area contributed by atoms with Crippen LogP contribution in [0.1, 0.15) is 25.3 Å². The monoisotopic (exact) mass is 264 g/mol. The van der Waals surface area contributed by atoms with E-state index in [1.807, 2.05) is 13.0 Å². The summed E-state index contributed by atoms with van der Waals surface area (Å²) < 4.78 is 10.5. The molecule has 104 valence electrons. The number of pyridine rings is 1. The minimum atomic E-state index is -0.0417. The molecule has 0 bridgehead atoms. The van der Waals surface area contributed by atoms with E-state index in [1.165, 1.54) is 0 Å². The molecule has 5 nitrogen and oxygen atoms in total. The maximum Gasteiger partial charge on any atom is 0.225 e. The number of nitrogens with zero attached hydrogens (tertiary/aromatic N) is 1. The van der Waals surface area contributed by atoms with Crippen molar-refractivity contribution in [3.8, 4) is 5.88 Å². The summed E-state index contributed by atoms with van der Waals surface area (Å²) in [5, 5.41) is 2.94. The first-order valence-corrected chi connectivity index (χ1v) is 6.59. The van der Waals surface area contributed by atoms with Gasteiger partial charge in [0.25, 0.3) is 0 Å². The second kappa shape index (κ2) is 6.52. The van der Waals surface area contributed by atoms with Crippen molar-refractivity contribution in [3.05, 3.63) is 23.9 Å². The van der Waals surface area contributed by atoms with Gasteiger partial charge in [-0.1, -0.05) is 6.07 Å². The highest BCUT2D eigenvalue weighted by Gasteiger charge is 2.28. The number of ether oxygens (including phenoxy) is 2. The average molecular weight is 264 g/mol. The van der Waals surface area contributed by atoms with Crippen molar-refractivity contribution in [2.75, 3.05) is 13.7 Å². The summed E-state index contributed by atoms with van der Waals surface area (Å²) in [7, 11) is 1.58. The zero-order valence-corrected chi connectivity index (χ0v) is 11.4. The first kappa shape index (κ1) is 13.8. The van der Waals surface area contributed by atoms with Crippen LogP contribution in [0.3, 0.4) is 0 Å². The van der Waals surface area contributed by atoms with Crippen molar-refractivity contribution in [1.82, 2.24) is 10.3 Å². The molecular formula is C14H20N2O3. The average Bonchev–Trinajstić information content (AvgIpc) is 2.46. The van der Waals surface area contributed by atoms with Crippen LogP contribution in [0, 0.1) is 5.92 Å². The van der Waals surface area contributed by atoms with E-state index in [-0.39, 0.29) is 17.9 Å². The van der Waals surface area contributed by atoms with E-state index >= 15 is 0 Å². The predicted molar refractivity (Wildman–Crippen MR) is 70.8 cm³/mol. The molecule has 0 saturated carbocycles. The lowest BCUT2D eigenvalue weighted by Gasteiger charge is -2.28. The molecule has 2 rings (SSSR count). The fourth-order valence-electron chi connectivity index (χ4n) is 2.22. The van der Waals surface area contributed by atoms with E-state index in [1.54, 1.807) is 19.4 Å². The summed E-state index contributed by atoms with van der Waals surface area (Å²) in [6.07, 6.45) is 3.56. The molecule has 1 aliphatic heterocycles. The molecule has 1 aromatic rings. The van der Waals surface area contributed by atoms with Crippen LogP contribution in [-0.4, -0.2) is 30.7 Å². The smallest absolute Gasteiger partial charge is 0.225 e. The van der Waals surface area contributed by atoms with Crippen molar-refractivity contribution < 1.29 is 14.3 Å². The molecule has 1 amide bonds. The maximum atomic E-state index is 12.1. The zero-order valence-electron chi connectivity index (χ0n) is 11.4. The van der Waals surface area contributed by atoms with Gasteiger partial charge in [0.1, 0.15) is 0 Å². The summed E-state index contributed by atoms with van der Waals surface area (Å²) in [4.78, 5) is 16.2. The van der Waals surface area contributed by atoms with E-state index in [2.05, 4.69) is 10.3 Å². The molecule has 5 heteroatoms. The Labute approximate surface area is 113 Å². The topological polar surface area (TPSA) is 60.5 Å². The summed E-state index contributed by atoms with van der Waals surface area (Å²) in [5.41, 5.74) is 0.957. The second-order valence-electron chi connectivity index (χ2n) is 4.75. The standard InChI is InChI=1S/C14H20N2O3/c1-10-12(4-3-7-19-10)14(17)16-9-11-5-6-13(18-2)15-8-11/h5-6,8,10,12H,3-4,7,9H2,1-2H3,(H,16,17)/t10-,12+/m1/s1. The van der Waals surface area contributed by atoms with Crippen LogP contribution in [0.2, 0.25) is 0 Å². The minimum Gasteiger partial charge on any atom is -0.481 e. The van der Waals surface area contributed by atoms with Crippen LogP contribution in [-0.2, 0) is 16.1 Å². The van der Waals surface area contributed by atoms with E-state index in [4.69, 9.17) is 9.47 Å². The van der Waals surface area contributed by atoms with Crippen molar-refractivity contribution in [1.29, 1.82) is 0 Å². The largest absolute Gasteiger partial charge is 0.481 e. The molecule has 1 fully saturated rings. The van der Waals surface area contributed by atoms with Gasteiger partial charge in [-0.25, -0.2) is 4.98 Å².